The maximum atomic E-state index is 14.1. The average Bonchev–Trinajstić information content (AvgIpc) is 2.64. The van der Waals surface area contributed by atoms with Crippen LogP contribution in [0, 0.1) is 15.9 Å². The Balaban J connectivity index is 1.87. The molecule has 0 aliphatic heterocycles. The zero-order valence-electron chi connectivity index (χ0n) is 13.6. The zero-order valence-corrected chi connectivity index (χ0v) is 14.4. The standard InChI is InChI=1S/C19H13ClFNO4/c1-25-15-7-8-18(21)16(11-15)12-2-9-19(17(20)10-12)26-14-5-3-13(4-6-14)22(23)24/h2-11H,1H3. The molecule has 7 heteroatoms. The fourth-order valence-corrected chi connectivity index (χ4v) is 2.59. The number of benzene rings is 3. The first-order chi connectivity index (χ1) is 12.5. The van der Waals surface area contributed by atoms with Crippen molar-refractivity contribution in [1.82, 2.24) is 0 Å². The summed E-state index contributed by atoms with van der Waals surface area (Å²) in [5, 5.41) is 11.0. The number of ether oxygens (including phenoxy) is 2. The van der Waals surface area contributed by atoms with Gasteiger partial charge < -0.3 is 9.47 Å². The molecule has 0 aliphatic rings. The summed E-state index contributed by atoms with van der Waals surface area (Å²) in [5.41, 5.74) is 0.892. The predicted molar refractivity (Wildman–Crippen MR) is 96.6 cm³/mol. The molecule has 0 bridgehead atoms. The van der Waals surface area contributed by atoms with Gasteiger partial charge >= 0.3 is 0 Å². The van der Waals surface area contributed by atoms with Gasteiger partial charge in [0.15, 0.2) is 0 Å². The van der Waals surface area contributed by atoms with Crippen LogP contribution < -0.4 is 9.47 Å². The molecule has 3 rings (SSSR count). The first-order valence-electron chi connectivity index (χ1n) is 7.53. The fraction of sp³-hybridized carbons (Fsp3) is 0.0526. The van der Waals surface area contributed by atoms with Gasteiger partial charge in [-0.3, -0.25) is 10.1 Å². The molecule has 0 atom stereocenters. The van der Waals surface area contributed by atoms with Crippen LogP contribution in [0.4, 0.5) is 10.1 Å². The number of non-ortho nitro benzene ring substituents is 1. The average molecular weight is 374 g/mol. The van der Waals surface area contributed by atoms with Crippen LogP contribution in [0.25, 0.3) is 11.1 Å². The van der Waals surface area contributed by atoms with Crippen molar-refractivity contribution in [2.24, 2.45) is 0 Å². The number of halogens is 2. The van der Waals surface area contributed by atoms with Crippen molar-refractivity contribution >= 4 is 17.3 Å². The maximum Gasteiger partial charge on any atom is 0.269 e. The molecule has 3 aromatic carbocycles. The Morgan fingerprint density at radius 1 is 1.00 bits per heavy atom. The van der Waals surface area contributed by atoms with Gasteiger partial charge in [0.2, 0.25) is 0 Å². The molecule has 0 aromatic heterocycles. The molecule has 0 aliphatic carbocycles. The van der Waals surface area contributed by atoms with Crippen LogP contribution in [0.1, 0.15) is 0 Å². The van der Waals surface area contributed by atoms with E-state index in [0.717, 1.165) is 0 Å². The van der Waals surface area contributed by atoms with Gasteiger partial charge in [0.1, 0.15) is 23.1 Å². The quantitative estimate of drug-likeness (QED) is 0.415. The topological polar surface area (TPSA) is 61.6 Å². The van der Waals surface area contributed by atoms with E-state index in [1.807, 2.05) is 0 Å². The number of nitro benzene ring substituents is 1. The largest absolute Gasteiger partial charge is 0.497 e. The number of nitro groups is 1. The Labute approximate surface area is 153 Å². The molecular weight excluding hydrogens is 361 g/mol. The molecule has 0 saturated carbocycles. The lowest BCUT2D eigenvalue weighted by Crippen LogP contribution is -1.91. The lowest BCUT2D eigenvalue weighted by atomic mass is 10.0. The van der Waals surface area contributed by atoms with E-state index >= 15 is 0 Å². The molecule has 0 N–H and O–H groups in total. The van der Waals surface area contributed by atoms with Gasteiger partial charge in [0.05, 0.1) is 17.1 Å². The van der Waals surface area contributed by atoms with Gasteiger partial charge in [0, 0.05) is 17.7 Å². The molecule has 26 heavy (non-hydrogen) atoms. The van der Waals surface area contributed by atoms with Crippen molar-refractivity contribution in [1.29, 1.82) is 0 Å². The van der Waals surface area contributed by atoms with Crippen molar-refractivity contribution in [3.05, 3.63) is 81.6 Å². The lowest BCUT2D eigenvalue weighted by Gasteiger charge is -2.11. The minimum absolute atomic E-state index is 0.0349. The van der Waals surface area contributed by atoms with Crippen LogP contribution in [-0.4, -0.2) is 12.0 Å². The van der Waals surface area contributed by atoms with Gasteiger partial charge in [-0.15, -0.1) is 0 Å². The van der Waals surface area contributed by atoms with Crippen LogP contribution >= 0.6 is 11.6 Å². The summed E-state index contributed by atoms with van der Waals surface area (Å²) in [4.78, 5) is 10.2. The second kappa shape index (κ2) is 7.41. The minimum atomic E-state index is -0.492. The lowest BCUT2D eigenvalue weighted by molar-refractivity contribution is -0.384. The summed E-state index contributed by atoms with van der Waals surface area (Å²) in [6.07, 6.45) is 0. The van der Waals surface area contributed by atoms with Crippen LogP contribution in [0.2, 0.25) is 5.02 Å². The third-order valence-electron chi connectivity index (χ3n) is 3.69. The molecule has 132 valence electrons. The van der Waals surface area contributed by atoms with Crippen molar-refractivity contribution in [2.45, 2.75) is 0 Å². The Morgan fingerprint density at radius 2 is 1.69 bits per heavy atom. The Morgan fingerprint density at radius 3 is 2.31 bits per heavy atom. The van der Waals surface area contributed by atoms with Crippen molar-refractivity contribution in [2.75, 3.05) is 7.11 Å². The highest BCUT2D eigenvalue weighted by Gasteiger charge is 2.11. The highest BCUT2D eigenvalue weighted by molar-refractivity contribution is 6.32. The van der Waals surface area contributed by atoms with Crippen molar-refractivity contribution in [3.8, 4) is 28.4 Å². The fourth-order valence-electron chi connectivity index (χ4n) is 2.37. The Bertz CT molecular complexity index is 960. The first-order valence-corrected chi connectivity index (χ1v) is 7.91. The smallest absolute Gasteiger partial charge is 0.269 e. The molecule has 0 fully saturated rings. The van der Waals surface area contributed by atoms with Gasteiger partial charge in [-0.25, -0.2) is 4.39 Å². The van der Waals surface area contributed by atoms with E-state index in [1.165, 1.54) is 43.5 Å². The van der Waals surface area contributed by atoms with Gasteiger partial charge in [-0.05, 0) is 48.0 Å². The van der Waals surface area contributed by atoms with Crippen molar-refractivity contribution < 1.29 is 18.8 Å². The van der Waals surface area contributed by atoms with E-state index in [-0.39, 0.29) is 10.7 Å². The summed E-state index contributed by atoms with van der Waals surface area (Å²) in [7, 11) is 1.51. The number of nitrogens with zero attached hydrogens (tertiary/aromatic N) is 1. The monoisotopic (exact) mass is 373 g/mol. The van der Waals surface area contributed by atoms with E-state index in [2.05, 4.69) is 0 Å². The van der Waals surface area contributed by atoms with E-state index in [1.54, 1.807) is 24.3 Å². The van der Waals surface area contributed by atoms with Gasteiger partial charge in [-0.1, -0.05) is 17.7 Å². The number of rotatable bonds is 5. The number of hydrogen-bond acceptors (Lipinski definition) is 4. The van der Waals surface area contributed by atoms with Crippen LogP contribution in [0.15, 0.2) is 60.7 Å². The van der Waals surface area contributed by atoms with Crippen LogP contribution in [-0.2, 0) is 0 Å². The van der Waals surface area contributed by atoms with E-state index < -0.39 is 10.7 Å². The van der Waals surface area contributed by atoms with E-state index in [9.17, 15) is 14.5 Å². The van der Waals surface area contributed by atoms with Gasteiger partial charge in [0.25, 0.3) is 5.69 Å². The predicted octanol–water partition coefficient (Wildman–Crippen LogP) is 5.86. The van der Waals surface area contributed by atoms with Crippen LogP contribution in [0.3, 0.4) is 0 Å². The molecule has 0 saturated heterocycles. The maximum absolute atomic E-state index is 14.1. The van der Waals surface area contributed by atoms with Crippen molar-refractivity contribution in [3.63, 3.8) is 0 Å². The molecule has 0 radical (unpaired) electrons. The van der Waals surface area contributed by atoms with E-state index in [0.29, 0.717) is 28.4 Å². The Kier molecular flexibility index (Phi) is 5.04. The van der Waals surface area contributed by atoms with Crippen LogP contribution in [0.5, 0.6) is 17.2 Å². The second-order valence-electron chi connectivity index (χ2n) is 5.34. The SMILES string of the molecule is COc1ccc(F)c(-c2ccc(Oc3ccc([N+](=O)[O-])cc3)c(Cl)c2)c1. The molecule has 0 unspecified atom stereocenters. The molecular formula is C19H13ClFNO4. The van der Waals surface area contributed by atoms with Gasteiger partial charge in [-0.2, -0.15) is 0 Å². The third-order valence-corrected chi connectivity index (χ3v) is 3.99. The highest BCUT2D eigenvalue weighted by Crippen LogP contribution is 2.35. The molecule has 0 amide bonds. The summed E-state index contributed by atoms with van der Waals surface area (Å²) in [6, 6.07) is 14.9. The molecule has 0 spiro atoms. The molecule has 5 nitrogen and oxygen atoms in total. The summed E-state index contributed by atoms with van der Waals surface area (Å²) < 4.78 is 24.8. The first kappa shape index (κ1) is 17.7. The minimum Gasteiger partial charge on any atom is -0.497 e. The summed E-state index contributed by atoms with van der Waals surface area (Å²) >= 11 is 6.25. The molecule has 0 heterocycles. The van der Waals surface area contributed by atoms with E-state index in [4.69, 9.17) is 21.1 Å². The normalized spacial score (nSPS) is 10.4. The third kappa shape index (κ3) is 3.75. The number of methoxy groups -OCH3 is 1. The zero-order chi connectivity index (χ0) is 18.7. The summed E-state index contributed by atoms with van der Waals surface area (Å²) in [5.74, 6) is 0.889. The molecule has 3 aromatic rings. The number of hydrogen-bond donors (Lipinski definition) is 0. The second-order valence-corrected chi connectivity index (χ2v) is 5.75. The summed E-state index contributed by atoms with van der Waals surface area (Å²) in [6.45, 7) is 0. The highest BCUT2D eigenvalue weighted by atomic mass is 35.5. The Hall–Kier alpha value is -3.12.